The van der Waals surface area contributed by atoms with Gasteiger partial charge in [-0.1, -0.05) is 36.4 Å². The first-order valence-electron chi connectivity index (χ1n) is 12.2. The lowest BCUT2D eigenvalue weighted by molar-refractivity contribution is 0.0924. The number of fused-ring (bicyclic) bond motifs is 1. The minimum absolute atomic E-state index is 0.00755. The number of carbonyl (C=O) groups is 2. The summed E-state index contributed by atoms with van der Waals surface area (Å²) in [6, 6.07) is 15.5. The van der Waals surface area contributed by atoms with Crippen LogP contribution in [-0.4, -0.2) is 40.9 Å². The van der Waals surface area contributed by atoms with Gasteiger partial charge >= 0.3 is 0 Å². The fraction of sp³-hybridized carbons (Fsp3) is 0.333. The van der Waals surface area contributed by atoms with Crippen molar-refractivity contribution in [3.05, 3.63) is 77.1 Å². The molecule has 2 amide bonds. The van der Waals surface area contributed by atoms with Crippen molar-refractivity contribution in [2.75, 3.05) is 18.8 Å². The summed E-state index contributed by atoms with van der Waals surface area (Å²) in [4.78, 5) is 34.7. The van der Waals surface area contributed by atoms with Gasteiger partial charge in [-0.2, -0.15) is 0 Å². The third kappa shape index (κ3) is 5.17. The number of amides is 2. The summed E-state index contributed by atoms with van der Waals surface area (Å²) in [5.41, 5.74) is 10.3. The average Bonchev–Trinajstić information content (AvgIpc) is 3.10. The lowest BCUT2D eigenvalue weighted by Gasteiger charge is -2.16. The lowest BCUT2D eigenvalue weighted by atomic mass is 10.1. The minimum Gasteiger partial charge on any atom is -0.382 e. The number of hydrogen-bond acceptors (Lipinski definition) is 6. The van der Waals surface area contributed by atoms with Gasteiger partial charge in [-0.3, -0.25) is 9.59 Å². The second kappa shape index (κ2) is 10.2. The Bertz CT molecular complexity index is 1240. The van der Waals surface area contributed by atoms with E-state index in [2.05, 4.69) is 38.1 Å². The highest BCUT2D eigenvalue weighted by molar-refractivity contribution is 5.97. The Morgan fingerprint density at radius 2 is 1.86 bits per heavy atom. The Morgan fingerprint density at radius 1 is 0.971 bits per heavy atom. The van der Waals surface area contributed by atoms with E-state index < -0.39 is 0 Å². The first-order valence-corrected chi connectivity index (χ1v) is 12.2. The van der Waals surface area contributed by atoms with Crippen molar-refractivity contribution >= 4 is 17.6 Å². The van der Waals surface area contributed by atoms with Gasteiger partial charge in [0.2, 0.25) is 0 Å². The maximum atomic E-state index is 13.0. The third-order valence-corrected chi connectivity index (χ3v) is 6.79. The van der Waals surface area contributed by atoms with Crippen molar-refractivity contribution in [1.82, 2.24) is 25.9 Å². The molecule has 1 aromatic heterocycles. The summed E-state index contributed by atoms with van der Waals surface area (Å²) in [6.07, 6.45) is 6.17. The van der Waals surface area contributed by atoms with Crippen LogP contribution in [0.3, 0.4) is 0 Å². The highest BCUT2D eigenvalue weighted by Crippen LogP contribution is 2.31. The van der Waals surface area contributed by atoms with E-state index in [9.17, 15) is 9.59 Å². The molecule has 5 N–H and O–H groups in total. The monoisotopic (exact) mass is 470 g/mol. The van der Waals surface area contributed by atoms with Crippen LogP contribution in [0.1, 0.15) is 63.7 Å². The van der Waals surface area contributed by atoms with Crippen LogP contribution in [0.2, 0.25) is 0 Å². The van der Waals surface area contributed by atoms with Crippen molar-refractivity contribution in [2.24, 2.45) is 0 Å². The molecule has 180 valence electrons. The van der Waals surface area contributed by atoms with E-state index in [4.69, 9.17) is 5.73 Å². The predicted octanol–water partition coefficient (Wildman–Crippen LogP) is 3.02. The molecule has 0 bridgehead atoms. The van der Waals surface area contributed by atoms with Crippen LogP contribution in [0, 0.1) is 0 Å². The van der Waals surface area contributed by atoms with Crippen molar-refractivity contribution in [3.8, 4) is 11.3 Å². The van der Waals surface area contributed by atoms with Gasteiger partial charge in [0.15, 0.2) is 11.5 Å². The Labute approximate surface area is 204 Å². The number of nitrogens with one attached hydrogen (secondary N) is 3. The molecule has 2 atom stereocenters. The number of aromatic nitrogens is 2. The molecule has 35 heavy (non-hydrogen) atoms. The average molecular weight is 471 g/mol. The van der Waals surface area contributed by atoms with E-state index in [1.807, 2.05) is 24.3 Å². The van der Waals surface area contributed by atoms with Gasteiger partial charge in [-0.05, 0) is 68.5 Å². The first-order chi connectivity index (χ1) is 17.1. The number of nitrogens with zero attached hydrogens (tertiary/aromatic N) is 2. The number of benzene rings is 2. The van der Waals surface area contributed by atoms with Crippen LogP contribution in [-0.2, 0) is 6.42 Å². The molecular weight excluding hydrogens is 440 g/mol. The second-order valence-electron chi connectivity index (χ2n) is 9.18. The molecule has 0 radical (unpaired) electrons. The largest absolute Gasteiger partial charge is 0.382 e. The number of rotatable bonds is 5. The van der Waals surface area contributed by atoms with E-state index in [0.29, 0.717) is 16.8 Å². The summed E-state index contributed by atoms with van der Waals surface area (Å²) in [5.74, 6) is -0.374. The molecule has 2 aromatic carbocycles. The van der Waals surface area contributed by atoms with Gasteiger partial charge in [0.1, 0.15) is 0 Å². The zero-order chi connectivity index (χ0) is 24.2. The molecule has 8 heteroatoms. The highest BCUT2D eigenvalue weighted by atomic mass is 16.2. The molecule has 5 rings (SSSR count). The van der Waals surface area contributed by atoms with Crippen LogP contribution in [0.15, 0.2) is 54.7 Å². The number of anilines is 1. The Kier molecular flexibility index (Phi) is 6.72. The van der Waals surface area contributed by atoms with E-state index in [1.54, 1.807) is 12.1 Å². The van der Waals surface area contributed by atoms with E-state index in [1.165, 1.54) is 17.3 Å². The summed E-state index contributed by atoms with van der Waals surface area (Å²) >= 11 is 0. The van der Waals surface area contributed by atoms with Crippen molar-refractivity contribution in [1.29, 1.82) is 0 Å². The number of hydrogen-bond donors (Lipinski definition) is 4. The molecule has 1 unspecified atom stereocenters. The maximum absolute atomic E-state index is 13.0. The fourth-order valence-electron chi connectivity index (χ4n) is 4.89. The Balaban J connectivity index is 1.32. The zero-order valence-corrected chi connectivity index (χ0v) is 19.6. The van der Waals surface area contributed by atoms with E-state index >= 15 is 0 Å². The van der Waals surface area contributed by atoms with E-state index in [0.717, 1.165) is 45.2 Å². The number of nitrogens with two attached hydrogens (primary N) is 1. The summed E-state index contributed by atoms with van der Waals surface area (Å²) < 4.78 is 0. The maximum Gasteiger partial charge on any atom is 0.273 e. The number of carbonyl (C=O) groups excluding carboxylic acids is 2. The van der Waals surface area contributed by atoms with Gasteiger partial charge in [-0.15, -0.1) is 0 Å². The van der Waals surface area contributed by atoms with Crippen LogP contribution in [0.5, 0.6) is 0 Å². The molecule has 1 saturated heterocycles. The molecular formula is C27H30N6O2. The van der Waals surface area contributed by atoms with Crippen molar-refractivity contribution < 1.29 is 9.59 Å². The first kappa shape index (κ1) is 23.0. The molecule has 2 aliphatic rings. The minimum atomic E-state index is -0.322. The molecule has 8 nitrogen and oxygen atoms in total. The van der Waals surface area contributed by atoms with Gasteiger partial charge in [0, 0.05) is 17.2 Å². The molecule has 0 saturated carbocycles. The highest BCUT2D eigenvalue weighted by Gasteiger charge is 2.24. The molecule has 1 aliphatic carbocycles. The third-order valence-electron chi connectivity index (χ3n) is 6.79. The molecule has 1 aliphatic heterocycles. The Hall–Kier alpha value is -3.78. The molecule has 1 fully saturated rings. The topological polar surface area (TPSA) is 122 Å². The van der Waals surface area contributed by atoms with Crippen molar-refractivity contribution in [2.45, 2.75) is 44.2 Å². The SMILES string of the molecule is Nc1ncc(-c2cccc(C(=O)N[C@H]3CCc4ccccc43)c2)nc1C(=O)NC1CCCNCC1. The Morgan fingerprint density at radius 3 is 2.77 bits per heavy atom. The fourth-order valence-corrected chi connectivity index (χ4v) is 4.89. The number of aryl methyl sites for hydroxylation is 1. The van der Waals surface area contributed by atoms with Crippen LogP contribution >= 0.6 is 0 Å². The van der Waals surface area contributed by atoms with Gasteiger partial charge in [0.05, 0.1) is 17.9 Å². The zero-order valence-electron chi connectivity index (χ0n) is 19.6. The summed E-state index contributed by atoms with van der Waals surface area (Å²) in [5, 5.41) is 9.54. The molecule has 2 heterocycles. The summed E-state index contributed by atoms with van der Waals surface area (Å²) in [6.45, 7) is 1.83. The van der Waals surface area contributed by atoms with Gasteiger partial charge in [-0.25, -0.2) is 9.97 Å². The molecule has 0 spiro atoms. The second-order valence-corrected chi connectivity index (χ2v) is 9.18. The van der Waals surface area contributed by atoms with Gasteiger partial charge < -0.3 is 21.7 Å². The summed E-state index contributed by atoms with van der Waals surface area (Å²) in [7, 11) is 0. The van der Waals surface area contributed by atoms with Crippen LogP contribution in [0.4, 0.5) is 5.82 Å². The smallest absolute Gasteiger partial charge is 0.273 e. The van der Waals surface area contributed by atoms with Crippen LogP contribution < -0.4 is 21.7 Å². The normalized spacial score (nSPS) is 19.4. The van der Waals surface area contributed by atoms with Crippen LogP contribution in [0.25, 0.3) is 11.3 Å². The predicted molar refractivity (Wildman–Crippen MR) is 135 cm³/mol. The lowest BCUT2D eigenvalue weighted by Crippen LogP contribution is -2.36. The van der Waals surface area contributed by atoms with E-state index in [-0.39, 0.29) is 35.4 Å². The van der Waals surface area contributed by atoms with Crippen molar-refractivity contribution in [3.63, 3.8) is 0 Å². The number of nitrogen functional groups attached to an aromatic ring is 1. The quantitative estimate of drug-likeness (QED) is 0.455. The standard InChI is InChI=1S/C27H30N6O2/c28-25-24(27(35)31-20-8-4-13-29-14-12-20)32-23(16-30-25)18-6-3-7-19(15-18)26(34)33-22-11-10-17-5-1-2-9-21(17)22/h1-3,5-7,9,15-16,20,22,29H,4,8,10-14H2,(H2,28,30)(H,31,35)(H,33,34)/t20?,22-/m0/s1. The molecule has 3 aromatic rings. The van der Waals surface area contributed by atoms with Gasteiger partial charge in [0.25, 0.3) is 11.8 Å².